The van der Waals surface area contributed by atoms with Gasteiger partial charge in [-0.2, -0.15) is 0 Å². The molecule has 1 aromatic rings. The van der Waals surface area contributed by atoms with Crippen LogP contribution in [0.4, 0.5) is 0 Å². The van der Waals surface area contributed by atoms with Gasteiger partial charge >= 0.3 is 0 Å². The van der Waals surface area contributed by atoms with Crippen LogP contribution in [0.5, 0.6) is 5.75 Å². The Morgan fingerprint density at radius 3 is 2.90 bits per heavy atom. The highest BCUT2D eigenvalue weighted by Gasteiger charge is 2.18. The molecule has 1 aliphatic heterocycles. The van der Waals surface area contributed by atoms with E-state index in [-0.39, 0.29) is 12.4 Å². The fraction of sp³-hybridized carbons (Fsp3) is 0.647. The summed E-state index contributed by atoms with van der Waals surface area (Å²) in [6, 6.07) is 9.18. The largest absolute Gasteiger partial charge is 0.493 e. The highest BCUT2D eigenvalue weighted by Crippen LogP contribution is 2.18. The average molecular weight is 313 g/mol. The first kappa shape index (κ1) is 18.3. The van der Waals surface area contributed by atoms with Crippen molar-refractivity contribution < 1.29 is 4.74 Å². The van der Waals surface area contributed by atoms with Gasteiger partial charge in [0.25, 0.3) is 0 Å². The third-order valence-electron chi connectivity index (χ3n) is 3.80. The van der Waals surface area contributed by atoms with Gasteiger partial charge in [-0.3, -0.25) is 4.90 Å². The molecule has 0 radical (unpaired) electrons. The van der Waals surface area contributed by atoms with E-state index in [1.54, 1.807) is 0 Å². The number of likely N-dealkylation sites (tertiary alicyclic amines) is 1. The van der Waals surface area contributed by atoms with Crippen LogP contribution in [0, 0.1) is 5.92 Å². The minimum atomic E-state index is 0. The number of halogens is 1. The second kappa shape index (κ2) is 9.29. The van der Waals surface area contributed by atoms with Gasteiger partial charge in [-0.1, -0.05) is 26.0 Å². The molecule has 1 atom stereocenters. The van der Waals surface area contributed by atoms with E-state index in [9.17, 15) is 0 Å². The molecule has 1 saturated heterocycles. The van der Waals surface area contributed by atoms with E-state index < -0.39 is 0 Å². The summed E-state index contributed by atoms with van der Waals surface area (Å²) in [7, 11) is 2.06. The van der Waals surface area contributed by atoms with E-state index in [1.807, 2.05) is 0 Å². The van der Waals surface area contributed by atoms with Crippen molar-refractivity contribution in [1.29, 1.82) is 0 Å². The number of ether oxygens (including phenoxy) is 1. The van der Waals surface area contributed by atoms with Gasteiger partial charge < -0.3 is 10.1 Å². The molecule has 1 fully saturated rings. The summed E-state index contributed by atoms with van der Waals surface area (Å²) in [5, 5.41) is 3.40. The second-order valence-corrected chi connectivity index (χ2v) is 6.22. The minimum absolute atomic E-state index is 0. The van der Waals surface area contributed by atoms with Crippen molar-refractivity contribution in [3.63, 3.8) is 0 Å². The highest BCUT2D eigenvalue weighted by atomic mass is 35.5. The number of nitrogens with one attached hydrogen (secondary N) is 1. The van der Waals surface area contributed by atoms with Crippen molar-refractivity contribution in [1.82, 2.24) is 10.2 Å². The molecule has 4 heteroatoms. The van der Waals surface area contributed by atoms with E-state index in [4.69, 9.17) is 4.74 Å². The van der Waals surface area contributed by atoms with Crippen LogP contribution >= 0.6 is 12.4 Å². The van der Waals surface area contributed by atoms with Crippen LogP contribution in [0.2, 0.25) is 0 Å². The number of hydrogen-bond donors (Lipinski definition) is 1. The van der Waals surface area contributed by atoms with Gasteiger partial charge in [-0.25, -0.2) is 0 Å². The van der Waals surface area contributed by atoms with Gasteiger partial charge in [0.1, 0.15) is 5.75 Å². The molecule has 120 valence electrons. The molecule has 3 nitrogen and oxygen atoms in total. The van der Waals surface area contributed by atoms with Crippen LogP contribution in [0.3, 0.4) is 0 Å². The molecule has 0 spiro atoms. The first-order valence-electron chi connectivity index (χ1n) is 7.78. The zero-order valence-electron chi connectivity index (χ0n) is 13.5. The molecule has 0 bridgehead atoms. The van der Waals surface area contributed by atoms with E-state index in [2.05, 4.69) is 55.4 Å². The number of rotatable bonds is 6. The molecule has 0 amide bonds. The molecule has 2 rings (SSSR count). The van der Waals surface area contributed by atoms with Crippen molar-refractivity contribution >= 4 is 12.4 Å². The molecule has 1 unspecified atom stereocenters. The number of nitrogens with zero attached hydrogens (tertiary/aromatic N) is 1. The summed E-state index contributed by atoms with van der Waals surface area (Å²) in [5.41, 5.74) is 1.35. The summed E-state index contributed by atoms with van der Waals surface area (Å²) in [4.78, 5) is 2.53. The maximum absolute atomic E-state index is 5.81. The van der Waals surface area contributed by atoms with E-state index in [0.29, 0.717) is 12.0 Å². The lowest BCUT2D eigenvalue weighted by Crippen LogP contribution is -2.43. The zero-order valence-corrected chi connectivity index (χ0v) is 14.3. The van der Waals surface area contributed by atoms with Crippen molar-refractivity contribution in [2.75, 3.05) is 26.7 Å². The fourth-order valence-corrected chi connectivity index (χ4v) is 2.69. The summed E-state index contributed by atoms with van der Waals surface area (Å²) >= 11 is 0. The monoisotopic (exact) mass is 312 g/mol. The molecule has 1 N–H and O–H groups in total. The predicted octanol–water partition coefficient (Wildman–Crippen LogP) is 3.33. The van der Waals surface area contributed by atoms with Crippen LogP contribution in [0.15, 0.2) is 24.3 Å². The summed E-state index contributed by atoms with van der Waals surface area (Å²) in [5.74, 6) is 1.57. The van der Waals surface area contributed by atoms with Crippen molar-refractivity contribution in [2.24, 2.45) is 5.92 Å². The molecule has 0 aromatic heterocycles. The van der Waals surface area contributed by atoms with Crippen LogP contribution in [-0.4, -0.2) is 37.7 Å². The summed E-state index contributed by atoms with van der Waals surface area (Å²) in [6.07, 6.45) is 2.58. The minimum Gasteiger partial charge on any atom is -0.493 e. The number of benzene rings is 1. The quantitative estimate of drug-likeness (QED) is 0.872. The van der Waals surface area contributed by atoms with Gasteiger partial charge in [-0.15, -0.1) is 12.4 Å². The Labute approximate surface area is 135 Å². The van der Waals surface area contributed by atoms with E-state index >= 15 is 0 Å². The van der Waals surface area contributed by atoms with Gasteiger partial charge in [0, 0.05) is 19.1 Å². The van der Waals surface area contributed by atoms with Crippen LogP contribution in [0.1, 0.15) is 32.3 Å². The van der Waals surface area contributed by atoms with Crippen LogP contribution < -0.4 is 10.1 Å². The first-order valence-corrected chi connectivity index (χ1v) is 7.78. The Morgan fingerprint density at radius 1 is 1.38 bits per heavy atom. The number of hydrogen-bond acceptors (Lipinski definition) is 3. The molecule has 1 heterocycles. The molecule has 0 saturated carbocycles. The average Bonchev–Trinajstić information content (AvgIpc) is 2.46. The van der Waals surface area contributed by atoms with Crippen LogP contribution in [0.25, 0.3) is 0 Å². The third-order valence-corrected chi connectivity index (χ3v) is 3.80. The number of likely N-dealkylation sites (N-methyl/N-ethyl adjacent to an activating group) is 1. The highest BCUT2D eigenvalue weighted by molar-refractivity contribution is 5.85. The lowest BCUT2D eigenvalue weighted by atomic mass is 10.0. The zero-order chi connectivity index (χ0) is 14.4. The lowest BCUT2D eigenvalue weighted by molar-refractivity contribution is 0.187. The van der Waals surface area contributed by atoms with E-state index in [1.165, 1.54) is 24.9 Å². The normalized spacial score (nSPS) is 19.3. The SMILES string of the molecule is CNC1CCCN(Cc2cccc(OCC(C)C)c2)C1.Cl. The van der Waals surface area contributed by atoms with Gasteiger partial charge in [0.15, 0.2) is 0 Å². The topological polar surface area (TPSA) is 24.5 Å². The molecule has 21 heavy (non-hydrogen) atoms. The summed E-state index contributed by atoms with van der Waals surface area (Å²) in [6.45, 7) is 8.51. The van der Waals surface area contributed by atoms with E-state index in [0.717, 1.165) is 25.4 Å². The van der Waals surface area contributed by atoms with Crippen molar-refractivity contribution in [2.45, 2.75) is 39.3 Å². The fourth-order valence-electron chi connectivity index (χ4n) is 2.69. The van der Waals surface area contributed by atoms with Crippen LogP contribution in [-0.2, 0) is 6.54 Å². The Bertz CT molecular complexity index is 412. The molecule has 0 aliphatic carbocycles. The first-order chi connectivity index (χ1) is 9.67. The lowest BCUT2D eigenvalue weighted by Gasteiger charge is -2.32. The molecular formula is C17H29ClN2O. The Hall–Kier alpha value is -0.770. The maximum atomic E-state index is 5.81. The third kappa shape index (κ3) is 6.25. The number of piperidine rings is 1. The summed E-state index contributed by atoms with van der Waals surface area (Å²) < 4.78 is 5.81. The van der Waals surface area contributed by atoms with Gasteiger partial charge in [-0.05, 0) is 50.0 Å². The molecule has 1 aromatic carbocycles. The Morgan fingerprint density at radius 2 is 2.19 bits per heavy atom. The Kier molecular flexibility index (Phi) is 8.09. The predicted molar refractivity (Wildman–Crippen MR) is 91.4 cm³/mol. The van der Waals surface area contributed by atoms with Gasteiger partial charge in [0.05, 0.1) is 6.61 Å². The standard InChI is InChI=1S/C17H28N2O.ClH/c1-14(2)13-20-17-8-4-6-15(10-17)11-19-9-5-7-16(12-19)18-3;/h4,6,8,10,14,16,18H,5,7,9,11-13H2,1-3H3;1H. The Balaban J connectivity index is 0.00000220. The second-order valence-electron chi connectivity index (χ2n) is 6.22. The van der Waals surface area contributed by atoms with Crippen molar-refractivity contribution in [3.05, 3.63) is 29.8 Å². The van der Waals surface area contributed by atoms with Gasteiger partial charge in [0.2, 0.25) is 0 Å². The smallest absolute Gasteiger partial charge is 0.119 e. The molecule has 1 aliphatic rings. The molecular weight excluding hydrogens is 284 g/mol. The maximum Gasteiger partial charge on any atom is 0.119 e. The van der Waals surface area contributed by atoms with Crippen molar-refractivity contribution in [3.8, 4) is 5.75 Å².